The van der Waals surface area contributed by atoms with E-state index in [1.165, 1.54) is 5.56 Å². The minimum absolute atomic E-state index is 0.982. The molecule has 0 radical (unpaired) electrons. The van der Waals surface area contributed by atoms with Crippen molar-refractivity contribution in [3.05, 3.63) is 58.8 Å². The number of benzene rings is 1. The molecule has 0 unspecified atom stereocenters. The highest BCUT2D eigenvalue weighted by atomic mass is 79.9. The van der Waals surface area contributed by atoms with Crippen molar-refractivity contribution in [2.75, 3.05) is 0 Å². The summed E-state index contributed by atoms with van der Waals surface area (Å²) >= 11 is 3.56. The van der Waals surface area contributed by atoms with E-state index in [2.05, 4.69) is 52.2 Å². The molecule has 0 saturated heterocycles. The molecule has 0 aliphatic rings. The Morgan fingerprint density at radius 1 is 1.18 bits per heavy atom. The fourth-order valence-electron chi connectivity index (χ4n) is 1.88. The molecule has 0 atom stereocenters. The van der Waals surface area contributed by atoms with Gasteiger partial charge in [0.25, 0.3) is 0 Å². The summed E-state index contributed by atoms with van der Waals surface area (Å²) in [7, 11) is 0. The van der Waals surface area contributed by atoms with Crippen LogP contribution in [0.4, 0.5) is 0 Å². The number of imidazole rings is 1. The molecule has 0 N–H and O–H groups in total. The summed E-state index contributed by atoms with van der Waals surface area (Å²) in [6.45, 7) is 2.08. The first-order chi connectivity index (χ1) is 8.24. The smallest absolute Gasteiger partial charge is 0.137 e. The van der Waals surface area contributed by atoms with Crippen LogP contribution in [-0.4, -0.2) is 9.38 Å². The van der Waals surface area contributed by atoms with Crippen molar-refractivity contribution < 1.29 is 0 Å². The average molecular weight is 287 g/mol. The van der Waals surface area contributed by atoms with Gasteiger partial charge in [0.1, 0.15) is 5.65 Å². The predicted octanol–water partition coefficient (Wildman–Crippen LogP) is 4.07. The molecule has 3 rings (SSSR count). The van der Waals surface area contributed by atoms with Crippen LogP contribution >= 0.6 is 15.9 Å². The van der Waals surface area contributed by atoms with Crippen molar-refractivity contribution in [2.24, 2.45) is 0 Å². The lowest BCUT2D eigenvalue weighted by Gasteiger charge is -1.98. The molecule has 3 heteroatoms. The Bertz CT molecular complexity index is 686. The highest BCUT2D eigenvalue weighted by Gasteiger charge is 2.06. The lowest BCUT2D eigenvalue weighted by molar-refractivity contribution is 1.17. The molecule has 84 valence electrons. The lowest BCUT2D eigenvalue weighted by atomic mass is 10.2. The first kappa shape index (κ1) is 10.5. The van der Waals surface area contributed by atoms with Crippen LogP contribution in [0.5, 0.6) is 0 Å². The van der Waals surface area contributed by atoms with Gasteiger partial charge in [-0.05, 0) is 30.7 Å². The molecule has 0 fully saturated rings. The lowest BCUT2D eigenvalue weighted by Crippen LogP contribution is -1.81. The van der Waals surface area contributed by atoms with E-state index in [1.807, 2.05) is 28.8 Å². The molecular formula is C14H11BrN2. The maximum Gasteiger partial charge on any atom is 0.137 e. The second-order valence-corrected chi connectivity index (χ2v) is 4.93. The summed E-state index contributed by atoms with van der Waals surface area (Å²) in [4.78, 5) is 4.64. The minimum atomic E-state index is 0.982. The standard InChI is InChI=1S/C14H11BrN2/c1-10-6-7-17-9-13(16-14(17)8-10)11-4-2-3-5-12(11)15/h2-9H,1H3. The van der Waals surface area contributed by atoms with Gasteiger partial charge in [-0.25, -0.2) is 4.98 Å². The van der Waals surface area contributed by atoms with Gasteiger partial charge in [-0.15, -0.1) is 0 Å². The molecule has 1 aromatic carbocycles. The van der Waals surface area contributed by atoms with Crippen LogP contribution in [0, 0.1) is 6.92 Å². The van der Waals surface area contributed by atoms with Gasteiger partial charge in [0.15, 0.2) is 0 Å². The van der Waals surface area contributed by atoms with Gasteiger partial charge in [0.05, 0.1) is 5.69 Å². The number of hydrogen-bond acceptors (Lipinski definition) is 1. The van der Waals surface area contributed by atoms with E-state index in [0.717, 1.165) is 21.4 Å². The van der Waals surface area contributed by atoms with Crippen molar-refractivity contribution in [3.8, 4) is 11.3 Å². The van der Waals surface area contributed by atoms with E-state index >= 15 is 0 Å². The number of aromatic nitrogens is 2. The molecule has 0 aliphatic heterocycles. The molecule has 17 heavy (non-hydrogen) atoms. The summed E-state index contributed by atoms with van der Waals surface area (Å²) in [5.41, 5.74) is 4.31. The van der Waals surface area contributed by atoms with Gasteiger partial charge < -0.3 is 4.40 Å². The van der Waals surface area contributed by atoms with Crippen LogP contribution in [-0.2, 0) is 0 Å². The Morgan fingerprint density at radius 3 is 2.82 bits per heavy atom. The maximum atomic E-state index is 4.64. The molecule has 2 aromatic heterocycles. The maximum absolute atomic E-state index is 4.64. The molecular weight excluding hydrogens is 276 g/mol. The number of pyridine rings is 1. The Balaban J connectivity index is 2.22. The molecule has 3 aromatic rings. The van der Waals surface area contributed by atoms with Crippen LogP contribution in [0.25, 0.3) is 16.9 Å². The largest absolute Gasteiger partial charge is 0.306 e. The number of hydrogen-bond donors (Lipinski definition) is 0. The van der Waals surface area contributed by atoms with Crippen LogP contribution in [0.2, 0.25) is 0 Å². The van der Waals surface area contributed by atoms with Crippen molar-refractivity contribution in [2.45, 2.75) is 6.92 Å². The monoisotopic (exact) mass is 286 g/mol. The fraction of sp³-hybridized carbons (Fsp3) is 0.0714. The molecule has 0 amide bonds. The zero-order valence-corrected chi connectivity index (χ0v) is 11.0. The van der Waals surface area contributed by atoms with Crippen molar-refractivity contribution in [3.63, 3.8) is 0 Å². The second-order valence-electron chi connectivity index (χ2n) is 4.08. The zero-order valence-electron chi connectivity index (χ0n) is 9.39. The summed E-state index contributed by atoms with van der Waals surface area (Å²) in [5.74, 6) is 0. The zero-order chi connectivity index (χ0) is 11.8. The van der Waals surface area contributed by atoms with Crippen LogP contribution < -0.4 is 0 Å². The number of halogens is 1. The first-order valence-electron chi connectivity index (χ1n) is 5.44. The molecule has 0 aliphatic carbocycles. The molecule has 0 bridgehead atoms. The third-order valence-corrected chi connectivity index (χ3v) is 3.46. The summed E-state index contributed by atoms with van der Waals surface area (Å²) in [6, 6.07) is 12.3. The number of rotatable bonds is 1. The van der Waals surface area contributed by atoms with Crippen LogP contribution in [0.15, 0.2) is 53.3 Å². The normalized spacial score (nSPS) is 10.9. The molecule has 2 nitrogen and oxygen atoms in total. The quantitative estimate of drug-likeness (QED) is 0.659. The topological polar surface area (TPSA) is 17.3 Å². The average Bonchev–Trinajstić information content (AvgIpc) is 2.72. The van der Waals surface area contributed by atoms with Gasteiger partial charge in [-0.1, -0.05) is 34.1 Å². The van der Waals surface area contributed by atoms with E-state index in [0.29, 0.717) is 0 Å². The predicted molar refractivity (Wildman–Crippen MR) is 73.1 cm³/mol. The molecule has 0 spiro atoms. The van der Waals surface area contributed by atoms with Crippen LogP contribution in [0.3, 0.4) is 0 Å². The third kappa shape index (κ3) is 1.87. The highest BCUT2D eigenvalue weighted by Crippen LogP contribution is 2.27. The van der Waals surface area contributed by atoms with E-state index < -0.39 is 0 Å². The summed E-state index contributed by atoms with van der Waals surface area (Å²) in [6.07, 6.45) is 4.09. The second kappa shape index (κ2) is 4.00. The Labute approximate surface area is 108 Å². The van der Waals surface area contributed by atoms with Crippen LogP contribution in [0.1, 0.15) is 5.56 Å². The fourth-order valence-corrected chi connectivity index (χ4v) is 2.37. The summed E-state index contributed by atoms with van der Waals surface area (Å²) < 4.78 is 3.11. The Kier molecular flexibility index (Phi) is 2.48. The van der Waals surface area contributed by atoms with E-state index in [-0.39, 0.29) is 0 Å². The van der Waals surface area contributed by atoms with E-state index in [9.17, 15) is 0 Å². The van der Waals surface area contributed by atoms with Gasteiger partial charge in [-0.2, -0.15) is 0 Å². The van der Waals surface area contributed by atoms with E-state index in [4.69, 9.17) is 0 Å². The number of nitrogens with zero attached hydrogens (tertiary/aromatic N) is 2. The van der Waals surface area contributed by atoms with Gasteiger partial charge in [0, 0.05) is 22.4 Å². The van der Waals surface area contributed by atoms with Gasteiger partial charge in [-0.3, -0.25) is 0 Å². The summed E-state index contributed by atoms with van der Waals surface area (Å²) in [5, 5.41) is 0. The van der Waals surface area contributed by atoms with E-state index in [1.54, 1.807) is 0 Å². The third-order valence-electron chi connectivity index (χ3n) is 2.77. The molecule has 2 heterocycles. The SMILES string of the molecule is Cc1ccn2cc(-c3ccccc3Br)nc2c1. The van der Waals surface area contributed by atoms with Gasteiger partial charge in [0.2, 0.25) is 0 Å². The van der Waals surface area contributed by atoms with Gasteiger partial charge >= 0.3 is 0 Å². The number of aryl methyl sites for hydroxylation is 1. The van der Waals surface area contributed by atoms with Crippen molar-refractivity contribution >= 4 is 21.6 Å². The Morgan fingerprint density at radius 2 is 2.00 bits per heavy atom. The minimum Gasteiger partial charge on any atom is -0.306 e. The number of fused-ring (bicyclic) bond motifs is 1. The molecule has 0 saturated carbocycles. The highest BCUT2D eigenvalue weighted by molar-refractivity contribution is 9.10. The Hall–Kier alpha value is -1.61. The van der Waals surface area contributed by atoms with Crippen molar-refractivity contribution in [1.29, 1.82) is 0 Å². The van der Waals surface area contributed by atoms with Crippen molar-refractivity contribution in [1.82, 2.24) is 9.38 Å². The first-order valence-corrected chi connectivity index (χ1v) is 6.23.